The molecule has 0 fully saturated rings. The van der Waals surface area contributed by atoms with E-state index in [0.29, 0.717) is 10.8 Å². The molecule has 0 unspecified atom stereocenters. The van der Waals surface area contributed by atoms with E-state index in [0.717, 1.165) is 18.4 Å². The summed E-state index contributed by atoms with van der Waals surface area (Å²) in [6.07, 6.45) is 18.6. The number of hydrogen-bond donors (Lipinski definition) is 1. The summed E-state index contributed by atoms with van der Waals surface area (Å²) in [6, 6.07) is 5.38. The highest BCUT2D eigenvalue weighted by atomic mass is 35.5. The lowest BCUT2D eigenvalue weighted by Gasteiger charge is -2.07. The van der Waals surface area contributed by atoms with Crippen molar-refractivity contribution in [3.8, 4) is 5.75 Å². The number of phenolic OH excluding ortho intramolecular Hbond substituents is 1. The minimum atomic E-state index is 0.344. The van der Waals surface area contributed by atoms with Crippen LogP contribution in [0.1, 0.15) is 96.0 Å². The van der Waals surface area contributed by atoms with Gasteiger partial charge >= 0.3 is 0 Å². The Kier molecular flexibility index (Phi) is 12.1. The molecule has 0 aliphatic carbocycles. The molecule has 2 heteroatoms. The second-order valence-electron chi connectivity index (χ2n) is 6.73. The zero-order chi connectivity index (χ0) is 16.8. The van der Waals surface area contributed by atoms with Crippen LogP contribution >= 0.6 is 11.6 Å². The third-order valence-electron chi connectivity index (χ3n) is 4.62. The standard InChI is InChI=1S/C21H35ClO/c1-2-3-4-5-6-7-8-9-10-11-12-13-14-16-19-20(22)17-15-18-21(19)23/h15,17-18,23H,2-14,16H2,1H3. The number of aromatic hydroxyl groups is 1. The van der Waals surface area contributed by atoms with Gasteiger partial charge in [0.25, 0.3) is 0 Å². The van der Waals surface area contributed by atoms with Crippen molar-refractivity contribution in [3.05, 3.63) is 28.8 Å². The summed E-state index contributed by atoms with van der Waals surface area (Å²) in [7, 11) is 0. The molecule has 23 heavy (non-hydrogen) atoms. The molecular weight excluding hydrogens is 304 g/mol. The van der Waals surface area contributed by atoms with Crippen LogP contribution in [0.2, 0.25) is 5.02 Å². The molecule has 0 heterocycles. The summed E-state index contributed by atoms with van der Waals surface area (Å²) in [5.74, 6) is 0.344. The summed E-state index contributed by atoms with van der Waals surface area (Å²) >= 11 is 6.12. The van der Waals surface area contributed by atoms with Gasteiger partial charge in [-0.15, -0.1) is 0 Å². The molecule has 1 aromatic rings. The first-order valence-electron chi connectivity index (χ1n) is 9.72. The number of phenols is 1. The molecule has 0 spiro atoms. The SMILES string of the molecule is CCCCCCCCCCCCCCCc1c(O)cccc1Cl. The lowest BCUT2D eigenvalue weighted by atomic mass is 10.0. The predicted octanol–water partition coefficient (Wildman–Crippen LogP) is 7.68. The van der Waals surface area contributed by atoms with E-state index in [2.05, 4.69) is 6.92 Å². The van der Waals surface area contributed by atoms with Gasteiger partial charge in [0.2, 0.25) is 0 Å². The van der Waals surface area contributed by atoms with Crippen molar-refractivity contribution in [2.24, 2.45) is 0 Å². The fourth-order valence-corrected chi connectivity index (χ4v) is 3.38. The molecule has 1 N–H and O–H groups in total. The van der Waals surface area contributed by atoms with Crippen LogP contribution in [-0.4, -0.2) is 5.11 Å². The molecule has 0 saturated carbocycles. The first-order chi connectivity index (χ1) is 11.3. The van der Waals surface area contributed by atoms with Crippen LogP contribution in [0.4, 0.5) is 0 Å². The fraction of sp³-hybridized carbons (Fsp3) is 0.714. The largest absolute Gasteiger partial charge is 0.508 e. The van der Waals surface area contributed by atoms with Gasteiger partial charge < -0.3 is 5.11 Å². The minimum absolute atomic E-state index is 0.344. The third kappa shape index (κ3) is 9.91. The topological polar surface area (TPSA) is 20.2 Å². The average molecular weight is 339 g/mol. The first kappa shape index (κ1) is 20.4. The van der Waals surface area contributed by atoms with Crippen LogP contribution in [-0.2, 0) is 6.42 Å². The van der Waals surface area contributed by atoms with E-state index in [1.807, 2.05) is 6.07 Å². The second-order valence-corrected chi connectivity index (χ2v) is 7.14. The lowest BCUT2D eigenvalue weighted by Crippen LogP contribution is -1.89. The Bertz CT molecular complexity index is 383. The number of halogens is 1. The normalized spacial score (nSPS) is 11.0. The molecular formula is C21H35ClO. The maximum Gasteiger partial charge on any atom is 0.120 e. The Morgan fingerprint density at radius 1 is 0.739 bits per heavy atom. The Morgan fingerprint density at radius 2 is 1.22 bits per heavy atom. The van der Waals surface area contributed by atoms with E-state index in [9.17, 15) is 5.11 Å². The minimum Gasteiger partial charge on any atom is -0.508 e. The fourth-order valence-electron chi connectivity index (χ4n) is 3.11. The summed E-state index contributed by atoms with van der Waals surface area (Å²) in [5.41, 5.74) is 0.914. The molecule has 0 bridgehead atoms. The number of unbranched alkanes of at least 4 members (excludes halogenated alkanes) is 12. The summed E-state index contributed by atoms with van der Waals surface area (Å²) < 4.78 is 0. The molecule has 1 nitrogen and oxygen atoms in total. The zero-order valence-electron chi connectivity index (χ0n) is 15.0. The quantitative estimate of drug-likeness (QED) is 0.345. The van der Waals surface area contributed by atoms with Gasteiger partial charge in [-0.25, -0.2) is 0 Å². The lowest BCUT2D eigenvalue weighted by molar-refractivity contribution is 0.466. The van der Waals surface area contributed by atoms with Crippen LogP contribution in [0.15, 0.2) is 18.2 Å². The van der Waals surface area contributed by atoms with E-state index in [4.69, 9.17) is 11.6 Å². The Hall–Kier alpha value is -0.690. The molecule has 0 aliphatic rings. The summed E-state index contributed by atoms with van der Waals surface area (Å²) in [4.78, 5) is 0. The maximum atomic E-state index is 9.80. The van der Waals surface area contributed by atoms with Gasteiger partial charge in [0.1, 0.15) is 5.75 Å². The highest BCUT2D eigenvalue weighted by Gasteiger charge is 2.05. The van der Waals surface area contributed by atoms with E-state index >= 15 is 0 Å². The van der Waals surface area contributed by atoms with Gasteiger partial charge in [0.15, 0.2) is 0 Å². The van der Waals surface area contributed by atoms with Crippen molar-refractivity contribution in [2.45, 2.75) is 96.8 Å². The average Bonchev–Trinajstić information content (AvgIpc) is 2.54. The van der Waals surface area contributed by atoms with Crippen LogP contribution in [0.5, 0.6) is 5.75 Å². The molecule has 132 valence electrons. The summed E-state index contributed by atoms with van der Waals surface area (Å²) in [5, 5.41) is 10.5. The van der Waals surface area contributed by atoms with Crippen molar-refractivity contribution in [1.82, 2.24) is 0 Å². The molecule has 0 saturated heterocycles. The first-order valence-corrected chi connectivity index (χ1v) is 10.1. The maximum absolute atomic E-state index is 9.80. The van der Waals surface area contributed by atoms with Crippen LogP contribution < -0.4 is 0 Å². The van der Waals surface area contributed by atoms with Gasteiger partial charge in [-0.1, -0.05) is 102 Å². The van der Waals surface area contributed by atoms with Gasteiger partial charge in [0.05, 0.1) is 0 Å². The van der Waals surface area contributed by atoms with Crippen molar-refractivity contribution < 1.29 is 5.11 Å². The van der Waals surface area contributed by atoms with Crippen molar-refractivity contribution in [2.75, 3.05) is 0 Å². The predicted molar refractivity (Wildman–Crippen MR) is 103 cm³/mol. The molecule has 0 atom stereocenters. The Morgan fingerprint density at radius 3 is 1.70 bits per heavy atom. The molecule has 0 radical (unpaired) electrons. The molecule has 0 aliphatic heterocycles. The van der Waals surface area contributed by atoms with Crippen molar-refractivity contribution >= 4 is 11.6 Å². The van der Waals surface area contributed by atoms with Gasteiger partial charge in [-0.3, -0.25) is 0 Å². The second kappa shape index (κ2) is 13.7. The van der Waals surface area contributed by atoms with Crippen LogP contribution in [0.3, 0.4) is 0 Å². The number of rotatable bonds is 14. The third-order valence-corrected chi connectivity index (χ3v) is 4.98. The number of hydrogen-bond acceptors (Lipinski definition) is 1. The Balaban J connectivity index is 1.88. The van der Waals surface area contributed by atoms with Crippen LogP contribution in [0.25, 0.3) is 0 Å². The van der Waals surface area contributed by atoms with E-state index in [1.165, 1.54) is 77.0 Å². The van der Waals surface area contributed by atoms with Gasteiger partial charge in [-0.05, 0) is 25.0 Å². The highest BCUT2D eigenvalue weighted by Crippen LogP contribution is 2.27. The monoisotopic (exact) mass is 338 g/mol. The van der Waals surface area contributed by atoms with Gasteiger partial charge in [0, 0.05) is 10.6 Å². The van der Waals surface area contributed by atoms with Crippen LogP contribution in [0, 0.1) is 0 Å². The Labute approximate surface area is 148 Å². The summed E-state index contributed by atoms with van der Waals surface area (Å²) in [6.45, 7) is 2.27. The highest BCUT2D eigenvalue weighted by molar-refractivity contribution is 6.31. The smallest absolute Gasteiger partial charge is 0.120 e. The van der Waals surface area contributed by atoms with Crippen molar-refractivity contribution in [3.63, 3.8) is 0 Å². The van der Waals surface area contributed by atoms with E-state index < -0.39 is 0 Å². The molecule has 1 aromatic carbocycles. The number of benzene rings is 1. The van der Waals surface area contributed by atoms with Crippen molar-refractivity contribution in [1.29, 1.82) is 0 Å². The van der Waals surface area contributed by atoms with E-state index in [1.54, 1.807) is 12.1 Å². The zero-order valence-corrected chi connectivity index (χ0v) is 15.7. The molecule has 0 aromatic heterocycles. The van der Waals surface area contributed by atoms with Gasteiger partial charge in [-0.2, -0.15) is 0 Å². The van der Waals surface area contributed by atoms with E-state index in [-0.39, 0.29) is 0 Å². The molecule has 1 rings (SSSR count). The molecule has 0 amide bonds.